The lowest BCUT2D eigenvalue weighted by Crippen LogP contribution is -2.48. The Balaban J connectivity index is 1.33. The van der Waals surface area contributed by atoms with E-state index in [0.29, 0.717) is 12.3 Å². The van der Waals surface area contributed by atoms with Crippen LogP contribution in [0.1, 0.15) is 11.8 Å². The van der Waals surface area contributed by atoms with Gasteiger partial charge in [0.05, 0.1) is 22.8 Å². The van der Waals surface area contributed by atoms with E-state index in [-0.39, 0.29) is 5.91 Å². The molecular weight excluding hydrogens is 466 g/mol. The van der Waals surface area contributed by atoms with Crippen LogP contribution in [0.3, 0.4) is 0 Å². The largest absolute Gasteiger partial charge is 0.496 e. The van der Waals surface area contributed by atoms with Crippen molar-refractivity contribution < 1.29 is 9.53 Å². The summed E-state index contributed by atoms with van der Waals surface area (Å²) in [5, 5.41) is 9.47. The number of ether oxygens (including phenoxy) is 1. The minimum Gasteiger partial charge on any atom is -0.496 e. The number of hydrogen-bond donors (Lipinski definition) is 0. The number of carbonyl (C=O) groups excluding carboxylic acids is 1. The van der Waals surface area contributed by atoms with Gasteiger partial charge in [0.1, 0.15) is 5.75 Å². The van der Waals surface area contributed by atoms with Crippen LogP contribution in [0.15, 0.2) is 41.6 Å². The summed E-state index contributed by atoms with van der Waals surface area (Å²) in [7, 11) is 1.65. The summed E-state index contributed by atoms with van der Waals surface area (Å²) in [6.07, 6.45) is 0. The Hall–Kier alpha value is -2.07. The van der Waals surface area contributed by atoms with Crippen LogP contribution in [-0.4, -0.2) is 69.5 Å². The van der Waals surface area contributed by atoms with Gasteiger partial charge in [0, 0.05) is 44.1 Å². The molecule has 1 saturated heterocycles. The van der Waals surface area contributed by atoms with Crippen LogP contribution < -0.4 is 4.74 Å². The molecule has 1 fully saturated rings. The van der Waals surface area contributed by atoms with E-state index in [1.807, 2.05) is 46.7 Å². The first kappa shape index (κ1) is 23.1. The van der Waals surface area contributed by atoms with E-state index in [1.54, 1.807) is 18.4 Å². The summed E-state index contributed by atoms with van der Waals surface area (Å²) in [6, 6.07) is 11.8. The molecule has 0 atom stereocenters. The fraction of sp³-hybridized carbons (Fsp3) is 0.409. The van der Waals surface area contributed by atoms with Crippen molar-refractivity contribution in [1.82, 2.24) is 24.6 Å². The third-order valence-corrected chi connectivity index (χ3v) is 7.61. The van der Waals surface area contributed by atoms with Gasteiger partial charge in [-0.2, -0.15) is 0 Å². The first-order chi connectivity index (χ1) is 15.6. The molecular formula is C22H26ClN5O2S2. The zero-order chi connectivity index (χ0) is 22.5. The molecule has 0 aliphatic carbocycles. The molecule has 1 amide bonds. The van der Waals surface area contributed by atoms with Gasteiger partial charge in [0.2, 0.25) is 5.91 Å². The molecule has 7 nitrogen and oxygen atoms in total. The van der Waals surface area contributed by atoms with E-state index in [2.05, 4.69) is 21.2 Å². The zero-order valence-electron chi connectivity index (χ0n) is 18.2. The SMILES string of the molecule is CCn1c(SCC(=O)N2CCN(Cc3ccc(Cl)s3)CC2)nnc1-c1ccccc1OC. The molecule has 0 bridgehead atoms. The van der Waals surface area contributed by atoms with Crippen LogP contribution in [-0.2, 0) is 17.9 Å². The van der Waals surface area contributed by atoms with Gasteiger partial charge in [-0.25, -0.2) is 0 Å². The van der Waals surface area contributed by atoms with Gasteiger partial charge >= 0.3 is 0 Å². The van der Waals surface area contributed by atoms with E-state index in [1.165, 1.54) is 16.6 Å². The molecule has 2 aromatic heterocycles. The Kier molecular flexibility index (Phi) is 7.72. The number of amides is 1. The molecule has 0 unspecified atom stereocenters. The van der Waals surface area contributed by atoms with Gasteiger partial charge < -0.3 is 14.2 Å². The standard InChI is InChI=1S/C22H26ClN5O2S2/c1-3-28-21(17-6-4-5-7-18(17)30-2)24-25-22(28)31-15-20(29)27-12-10-26(11-13-27)14-16-8-9-19(23)32-16/h4-9H,3,10-15H2,1-2H3. The number of halogens is 1. The molecule has 1 aromatic carbocycles. The molecule has 32 heavy (non-hydrogen) atoms. The van der Waals surface area contributed by atoms with Gasteiger partial charge in [-0.1, -0.05) is 35.5 Å². The number of methoxy groups -OCH3 is 1. The van der Waals surface area contributed by atoms with Crippen molar-refractivity contribution in [2.45, 2.75) is 25.2 Å². The van der Waals surface area contributed by atoms with Gasteiger partial charge in [-0.3, -0.25) is 9.69 Å². The summed E-state index contributed by atoms with van der Waals surface area (Å²) in [5.74, 6) is 2.00. The predicted molar refractivity (Wildman–Crippen MR) is 130 cm³/mol. The van der Waals surface area contributed by atoms with E-state index < -0.39 is 0 Å². The Labute approximate surface area is 201 Å². The lowest BCUT2D eigenvalue weighted by Gasteiger charge is -2.34. The second-order valence-corrected chi connectivity index (χ2v) is 10.1. The van der Waals surface area contributed by atoms with E-state index in [4.69, 9.17) is 16.3 Å². The average Bonchev–Trinajstić information content (AvgIpc) is 3.43. The van der Waals surface area contributed by atoms with E-state index >= 15 is 0 Å². The number of benzene rings is 1. The molecule has 0 radical (unpaired) electrons. The van der Waals surface area contributed by atoms with Crippen molar-refractivity contribution in [3.05, 3.63) is 45.6 Å². The van der Waals surface area contributed by atoms with Crippen molar-refractivity contribution in [1.29, 1.82) is 0 Å². The van der Waals surface area contributed by atoms with Gasteiger partial charge in [-0.15, -0.1) is 21.5 Å². The maximum atomic E-state index is 12.8. The van der Waals surface area contributed by atoms with Gasteiger partial charge in [-0.05, 0) is 31.2 Å². The van der Waals surface area contributed by atoms with Crippen LogP contribution in [0.5, 0.6) is 5.75 Å². The number of piperazine rings is 1. The summed E-state index contributed by atoms with van der Waals surface area (Å²) in [5.41, 5.74) is 0.894. The second-order valence-electron chi connectivity index (χ2n) is 7.40. The maximum absolute atomic E-state index is 12.8. The highest BCUT2D eigenvalue weighted by Gasteiger charge is 2.23. The topological polar surface area (TPSA) is 63.5 Å². The monoisotopic (exact) mass is 491 g/mol. The quantitative estimate of drug-likeness (QED) is 0.441. The highest BCUT2D eigenvalue weighted by Crippen LogP contribution is 2.31. The normalized spacial score (nSPS) is 14.7. The molecule has 0 spiro atoms. The number of carbonyl (C=O) groups is 1. The van der Waals surface area contributed by atoms with Gasteiger partial charge in [0.15, 0.2) is 11.0 Å². The molecule has 1 aliphatic heterocycles. The minimum atomic E-state index is 0.137. The highest BCUT2D eigenvalue weighted by molar-refractivity contribution is 7.99. The highest BCUT2D eigenvalue weighted by atomic mass is 35.5. The molecule has 3 aromatic rings. The number of thioether (sulfide) groups is 1. The minimum absolute atomic E-state index is 0.137. The van der Waals surface area contributed by atoms with Crippen molar-refractivity contribution in [2.24, 2.45) is 0 Å². The Morgan fingerprint density at radius 1 is 1.16 bits per heavy atom. The van der Waals surface area contributed by atoms with Crippen molar-refractivity contribution in [3.8, 4) is 17.1 Å². The van der Waals surface area contributed by atoms with Crippen molar-refractivity contribution >= 4 is 40.6 Å². The maximum Gasteiger partial charge on any atom is 0.233 e. The van der Waals surface area contributed by atoms with Crippen LogP contribution in [0.2, 0.25) is 4.34 Å². The molecule has 170 valence electrons. The lowest BCUT2D eigenvalue weighted by molar-refractivity contribution is -0.130. The van der Waals surface area contributed by atoms with Crippen molar-refractivity contribution in [3.63, 3.8) is 0 Å². The predicted octanol–water partition coefficient (Wildman–Crippen LogP) is 4.13. The second kappa shape index (κ2) is 10.7. The number of aromatic nitrogens is 3. The first-order valence-electron chi connectivity index (χ1n) is 10.5. The molecule has 0 N–H and O–H groups in total. The molecule has 4 rings (SSSR count). The van der Waals surface area contributed by atoms with Crippen LogP contribution in [0, 0.1) is 0 Å². The Morgan fingerprint density at radius 3 is 2.62 bits per heavy atom. The van der Waals surface area contributed by atoms with Crippen LogP contribution in [0.25, 0.3) is 11.4 Å². The van der Waals surface area contributed by atoms with E-state index in [0.717, 1.165) is 59.4 Å². The Morgan fingerprint density at radius 2 is 1.94 bits per heavy atom. The smallest absolute Gasteiger partial charge is 0.233 e. The number of nitrogens with zero attached hydrogens (tertiary/aromatic N) is 5. The fourth-order valence-electron chi connectivity index (χ4n) is 3.74. The molecule has 10 heteroatoms. The zero-order valence-corrected chi connectivity index (χ0v) is 20.5. The van der Waals surface area contributed by atoms with Crippen LogP contribution in [0.4, 0.5) is 0 Å². The molecule has 3 heterocycles. The number of thiophene rings is 1. The number of hydrogen-bond acceptors (Lipinski definition) is 7. The lowest BCUT2D eigenvalue weighted by atomic mass is 10.2. The van der Waals surface area contributed by atoms with Crippen LogP contribution >= 0.6 is 34.7 Å². The third-order valence-electron chi connectivity index (χ3n) is 5.44. The fourth-order valence-corrected chi connectivity index (χ4v) is 5.77. The average molecular weight is 492 g/mol. The Bertz CT molecular complexity index is 1060. The summed E-state index contributed by atoms with van der Waals surface area (Å²) in [6.45, 7) is 6.87. The molecule has 0 saturated carbocycles. The summed E-state index contributed by atoms with van der Waals surface area (Å²) < 4.78 is 8.32. The van der Waals surface area contributed by atoms with Gasteiger partial charge in [0.25, 0.3) is 0 Å². The number of para-hydroxylation sites is 1. The number of rotatable bonds is 8. The summed E-state index contributed by atoms with van der Waals surface area (Å²) >= 11 is 9.08. The van der Waals surface area contributed by atoms with E-state index in [9.17, 15) is 4.79 Å². The third kappa shape index (κ3) is 5.28. The van der Waals surface area contributed by atoms with Crippen molar-refractivity contribution in [2.75, 3.05) is 39.0 Å². The summed E-state index contributed by atoms with van der Waals surface area (Å²) in [4.78, 5) is 18.4. The molecule has 1 aliphatic rings. The first-order valence-corrected chi connectivity index (χ1v) is 12.7.